The van der Waals surface area contributed by atoms with Crippen LogP contribution in [0.15, 0.2) is 47.6 Å². The number of nitrogens with one attached hydrogen (secondary N) is 1. The summed E-state index contributed by atoms with van der Waals surface area (Å²) in [6.45, 7) is 1.74. The highest BCUT2D eigenvalue weighted by molar-refractivity contribution is 7.89. The molecule has 3 N–H and O–H groups in total. The quantitative estimate of drug-likeness (QED) is 0.907. The van der Waals surface area contributed by atoms with Crippen LogP contribution in [0, 0.1) is 0 Å². The van der Waals surface area contributed by atoms with Gasteiger partial charge in [0.15, 0.2) is 0 Å². The highest BCUT2D eigenvalue weighted by Gasteiger charge is 2.20. The maximum atomic E-state index is 12.2. The summed E-state index contributed by atoms with van der Waals surface area (Å²) >= 11 is 5.80. The lowest BCUT2D eigenvalue weighted by Crippen LogP contribution is -2.27. The molecule has 0 amide bonds. The molecule has 20 heavy (non-hydrogen) atoms. The van der Waals surface area contributed by atoms with E-state index in [1.807, 2.05) is 0 Å². The number of anilines is 1. The van der Waals surface area contributed by atoms with Crippen molar-refractivity contribution in [3.05, 3.63) is 53.3 Å². The molecule has 0 radical (unpaired) electrons. The minimum Gasteiger partial charge on any atom is -0.398 e. The Labute approximate surface area is 122 Å². The average Bonchev–Trinajstić information content (AvgIpc) is 2.39. The maximum Gasteiger partial charge on any atom is 0.244 e. The van der Waals surface area contributed by atoms with Crippen LogP contribution in [0.25, 0.3) is 0 Å². The lowest BCUT2D eigenvalue weighted by molar-refractivity contribution is 0.567. The van der Waals surface area contributed by atoms with Crippen LogP contribution >= 0.6 is 11.6 Å². The van der Waals surface area contributed by atoms with E-state index in [4.69, 9.17) is 17.3 Å². The van der Waals surface area contributed by atoms with Crippen LogP contribution in [0.5, 0.6) is 0 Å². The minimum atomic E-state index is -3.72. The van der Waals surface area contributed by atoms with E-state index < -0.39 is 16.1 Å². The molecule has 1 heterocycles. The number of hydrogen-bond donors (Lipinski definition) is 2. The first-order valence-corrected chi connectivity index (χ1v) is 7.73. The summed E-state index contributed by atoms with van der Waals surface area (Å²) in [5.74, 6) is 0. The summed E-state index contributed by atoms with van der Waals surface area (Å²) in [6.07, 6.45) is 2.67. The molecule has 1 aromatic carbocycles. The van der Waals surface area contributed by atoms with Crippen molar-refractivity contribution < 1.29 is 8.42 Å². The van der Waals surface area contributed by atoms with E-state index >= 15 is 0 Å². The Bertz CT molecular complexity index is 702. The summed E-state index contributed by atoms with van der Waals surface area (Å²) < 4.78 is 27.1. The second-order valence-electron chi connectivity index (χ2n) is 4.31. The number of benzene rings is 1. The van der Waals surface area contributed by atoms with Crippen LogP contribution in [0.1, 0.15) is 18.5 Å². The van der Waals surface area contributed by atoms with Crippen molar-refractivity contribution in [3.63, 3.8) is 0 Å². The Kier molecular flexibility index (Phi) is 4.27. The van der Waals surface area contributed by atoms with Crippen molar-refractivity contribution in [1.29, 1.82) is 0 Å². The van der Waals surface area contributed by atoms with Gasteiger partial charge in [-0.15, -0.1) is 0 Å². The van der Waals surface area contributed by atoms with Gasteiger partial charge in [0.25, 0.3) is 0 Å². The molecule has 0 aliphatic rings. The molecule has 5 nitrogen and oxygen atoms in total. The fourth-order valence-corrected chi connectivity index (χ4v) is 3.16. The fourth-order valence-electron chi connectivity index (χ4n) is 1.73. The van der Waals surface area contributed by atoms with E-state index in [0.29, 0.717) is 5.02 Å². The SMILES string of the molecule is CC(NS(=O)(=O)c1cnccc1N)c1ccc(Cl)cc1. The number of nitrogens with two attached hydrogens (primary N) is 1. The van der Waals surface area contributed by atoms with Gasteiger partial charge in [-0.1, -0.05) is 23.7 Å². The van der Waals surface area contributed by atoms with Crippen LogP contribution < -0.4 is 10.5 Å². The third kappa shape index (κ3) is 3.27. The van der Waals surface area contributed by atoms with Gasteiger partial charge in [0.1, 0.15) is 4.90 Å². The van der Waals surface area contributed by atoms with Gasteiger partial charge in [-0.05, 0) is 30.7 Å². The molecule has 1 unspecified atom stereocenters. The smallest absolute Gasteiger partial charge is 0.244 e. The number of nitrogens with zero attached hydrogens (tertiary/aromatic N) is 1. The molecule has 0 saturated heterocycles. The molecule has 106 valence electrons. The number of rotatable bonds is 4. The molecule has 1 atom stereocenters. The Balaban J connectivity index is 2.24. The zero-order valence-electron chi connectivity index (χ0n) is 10.7. The van der Waals surface area contributed by atoms with Crippen molar-refractivity contribution in [2.24, 2.45) is 0 Å². The lowest BCUT2D eigenvalue weighted by Gasteiger charge is -2.15. The highest BCUT2D eigenvalue weighted by atomic mass is 35.5. The average molecular weight is 312 g/mol. The van der Waals surface area contributed by atoms with Crippen molar-refractivity contribution in [1.82, 2.24) is 9.71 Å². The van der Waals surface area contributed by atoms with Gasteiger partial charge in [0.2, 0.25) is 10.0 Å². The van der Waals surface area contributed by atoms with Gasteiger partial charge in [-0.25, -0.2) is 13.1 Å². The standard InChI is InChI=1S/C13H14ClN3O2S/c1-9(10-2-4-11(14)5-3-10)17-20(18,19)13-8-16-7-6-12(13)15/h2-9,17H,1H3,(H2,15,16). The van der Waals surface area contributed by atoms with E-state index in [1.165, 1.54) is 18.5 Å². The zero-order chi connectivity index (χ0) is 14.8. The minimum absolute atomic E-state index is 0.0270. The monoisotopic (exact) mass is 311 g/mol. The summed E-state index contributed by atoms with van der Waals surface area (Å²) in [7, 11) is -3.72. The third-order valence-corrected chi connectivity index (χ3v) is 4.64. The van der Waals surface area contributed by atoms with E-state index in [2.05, 4.69) is 9.71 Å². The Morgan fingerprint density at radius 1 is 1.25 bits per heavy atom. The fraction of sp³-hybridized carbons (Fsp3) is 0.154. The molecule has 0 fully saturated rings. The molecule has 0 aliphatic heterocycles. The molecule has 2 aromatic rings. The zero-order valence-corrected chi connectivity index (χ0v) is 12.3. The first-order chi connectivity index (χ1) is 9.40. The Hall–Kier alpha value is -1.63. The van der Waals surface area contributed by atoms with Crippen LogP contribution in [0.4, 0.5) is 5.69 Å². The van der Waals surface area contributed by atoms with Crippen LogP contribution in [-0.4, -0.2) is 13.4 Å². The van der Waals surface area contributed by atoms with Gasteiger partial charge in [0.05, 0.1) is 5.69 Å². The Morgan fingerprint density at radius 2 is 1.90 bits per heavy atom. The van der Waals surface area contributed by atoms with E-state index in [0.717, 1.165) is 5.56 Å². The lowest BCUT2D eigenvalue weighted by atomic mass is 10.1. The third-order valence-electron chi connectivity index (χ3n) is 2.81. The number of aromatic nitrogens is 1. The number of pyridine rings is 1. The van der Waals surface area contributed by atoms with Crippen molar-refractivity contribution in [2.45, 2.75) is 17.9 Å². The number of sulfonamides is 1. The first-order valence-electron chi connectivity index (χ1n) is 5.87. The van der Waals surface area contributed by atoms with Gasteiger partial charge in [0, 0.05) is 23.5 Å². The summed E-state index contributed by atoms with van der Waals surface area (Å²) in [5.41, 5.74) is 6.63. The first kappa shape index (κ1) is 14.8. The van der Waals surface area contributed by atoms with Gasteiger partial charge in [-0.2, -0.15) is 0 Å². The molecule has 0 spiro atoms. The maximum absolute atomic E-state index is 12.2. The predicted octanol–water partition coefficient (Wildman–Crippen LogP) is 2.36. The van der Waals surface area contributed by atoms with E-state index in [1.54, 1.807) is 31.2 Å². The molecular formula is C13H14ClN3O2S. The normalized spacial score (nSPS) is 13.1. The molecule has 0 bridgehead atoms. The molecule has 0 saturated carbocycles. The number of nitrogen functional groups attached to an aromatic ring is 1. The molecular weight excluding hydrogens is 298 g/mol. The second-order valence-corrected chi connectivity index (χ2v) is 6.43. The van der Waals surface area contributed by atoms with Crippen LogP contribution in [0.3, 0.4) is 0 Å². The van der Waals surface area contributed by atoms with Crippen molar-refractivity contribution in [2.75, 3.05) is 5.73 Å². The molecule has 2 rings (SSSR count). The summed E-state index contributed by atoms with van der Waals surface area (Å²) in [6, 6.07) is 7.99. The molecule has 1 aromatic heterocycles. The van der Waals surface area contributed by atoms with Gasteiger partial charge < -0.3 is 5.73 Å². The summed E-state index contributed by atoms with van der Waals surface area (Å²) in [5, 5.41) is 0.598. The molecule has 0 aliphatic carbocycles. The topological polar surface area (TPSA) is 85.1 Å². The number of halogens is 1. The van der Waals surface area contributed by atoms with Gasteiger partial charge in [-0.3, -0.25) is 4.98 Å². The summed E-state index contributed by atoms with van der Waals surface area (Å²) in [4.78, 5) is 3.76. The van der Waals surface area contributed by atoms with E-state index in [-0.39, 0.29) is 10.6 Å². The van der Waals surface area contributed by atoms with Gasteiger partial charge >= 0.3 is 0 Å². The number of hydrogen-bond acceptors (Lipinski definition) is 4. The second kappa shape index (κ2) is 5.78. The molecule has 7 heteroatoms. The van der Waals surface area contributed by atoms with Crippen LogP contribution in [-0.2, 0) is 10.0 Å². The van der Waals surface area contributed by atoms with Crippen LogP contribution in [0.2, 0.25) is 5.02 Å². The highest BCUT2D eigenvalue weighted by Crippen LogP contribution is 2.21. The largest absolute Gasteiger partial charge is 0.398 e. The van der Waals surface area contributed by atoms with Crippen molar-refractivity contribution in [3.8, 4) is 0 Å². The Morgan fingerprint density at radius 3 is 2.50 bits per heavy atom. The predicted molar refractivity (Wildman–Crippen MR) is 78.8 cm³/mol. The van der Waals surface area contributed by atoms with E-state index in [9.17, 15) is 8.42 Å². The van der Waals surface area contributed by atoms with Crippen molar-refractivity contribution >= 4 is 27.3 Å².